The van der Waals surface area contributed by atoms with Gasteiger partial charge in [0.1, 0.15) is 12.4 Å². The normalized spacial score (nSPS) is 20.0. The molecule has 0 aliphatic carbocycles. The highest BCUT2D eigenvalue weighted by Gasteiger charge is 2.16. The van der Waals surface area contributed by atoms with Crippen LogP contribution in [-0.4, -0.2) is 24.4 Å². The molecule has 1 atom stereocenters. The second-order valence-corrected chi connectivity index (χ2v) is 4.29. The van der Waals surface area contributed by atoms with Gasteiger partial charge in [-0.15, -0.1) is 0 Å². The van der Waals surface area contributed by atoms with Crippen LogP contribution in [0.1, 0.15) is 18.4 Å². The van der Waals surface area contributed by atoms with Crippen molar-refractivity contribution in [3.63, 3.8) is 0 Å². The van der Waals surface area contributed by atoms with E-state index in [9.17, 15) is 0 Å². The van der Waals surface area contributed by atoms with Gasteiger partial charge in [-0.2, -0.15) is 0 Å². The number of benzene rings is 1. The van der Waals surface area contributed by atoms with Crippen molar-refractivity contribution in [2.75, 3.05) is 13.2 Å². The van der Waals surface area contributed by atoms with Crippen molar-refractivity contribution in [3.8, 4) is 5.75 Å². The fraction of sp³-hybridized carbons (Fsp3) is 0.500. The van der Waals surface area contributed by atoms with E-state index in [1.807, 2.05) is 0 Å². The Morgan fingerprint density at radius 1 is 1.50 bits per heavy atom. The highest BCUT2D eigenvalue weighted by atomic mass is 35.5. The number of hydrogen-bond donors (Lipinski definition) is 1. The van der Waals surface area contributed by atoms with Crippen molar-refractivity contribution in [2.24, 2.45) is 0 Å². The summed E-state index contributed by atoms with van der Waals surface area (Å²) < 4.78 is 11.1. The SMILES string of the molecule is OCc1cc(Cl)ccc1OC[C@H]1CCCO1. The van der Waals surface area contributed by atoms with Crippen LogP contribution in [0.2, 0.25) is 5.02 Å². The Labute approximate surface area is 99.9 Å². The van der Waals surface area contributed by atoms with E-state index in [4.69, 9.17) is 26.2 Å². The maximum atomic E-state index is 9.16. The topological polar surface area (TPSA) is 38.7 Å². The minimum absolute atomic E-state index is 0.0680. The molecule has 88 valence electrons. The monoisotopic (exact) mass is 242 g/mol. The average molecular weight is 243 g/mol. The summed E-state index contributed by atoms with van der Waals surface area (Å²) in [5, 5.41) is 9.77. The highest BCUT2D eigenvalue weighted by molar-refractivity contribution is 6.30. The maximum absolute atomic E-state index is 9.16. The summed E-state index contributed by atoms with van der Waals surface area (Å²) in [6.45, 7) is 1.29. The summed E-state index contributed by atoms with van der Waals surface area (Å²) >= 11 is 5.83. The number of halogens is 1. The first-order chi connectivity index (χ1) is 7.79. The molecular weight excluding hydrogens is 228 g/mol. The van der Waals surface area contributed by atoms with Gasteiger partial charge in [-0.3, -0.25) is 0 Å². The van der Waals surface area contributed by atoms with Crippen LogP contribution >= 0.6 is 11.6 Å². The molecule has 1 aliphatic heterocycles. The third-order valence-electron chi connectivity index (χ3n) is 2.64. The fourth-order valence-corrected chi connectivity index (χ4v) is 1.97. The minimum Gasteiger partial charge on any atom is -0.491 e. The Morgan fingerprint density at radius 3 is 3.06 bits per heavy atom. The molecule has 1 fully saturated rings. The van der Waals surface area contributed by atoms with Gasteiger partial charge in [0, 0.05) is 17.2 Å². The van der Waals surface area contributed by atoms with Crippen LogP contribution in [0.3, 0.4) is 0 Å². The van der Waals surface area contributed by atoms with Gasteiger partial charge in [-0.1, -0.05) is 11.6 Å². The molecule has 0 amide bonds. The van der Waals surface area contributed by atoms with Crippen molar-refractivity contribution in [1.29, 1.82) is 0 Å². The first-order valence-electron chi connectivity index (χ1n) is 5.43. The van der Waals surface area contributed by atoms with Crippen molar-refractivity contribution >= 4 is 11.6 Å². The number of hydrogen-bond acceptors (Lipinski definition) is 3. The summed E-state index contributed by atoms with van der Waals surface area (Å²) in [4.78, 5) is 0. The molecule has 0 saturated carbocycles. The zero-order chi connectivity index (χ0) is 11.4. The summed E-state index contributed by atoms with van der Waals surface area (Å²) in [6.07, 6.45) is 2.33. The molecule has 4 heteroatoms. The van der Waals surface area contributed by atoms with Gasteiger partial charge in [0.15, 0.2) is 0 Å². The number of aliphatic hydroxyl groups is 1. The van der Waals surface area contributed by atoms with Gasteiger partial charge in [0.2, 0.25) is 0 Å². The smallest absolute Gasteiger partial charge is 0.125 e. The zero-order valence-corrected chi connectivity index (χ0v) is 9.74. The van der Waals surface area contributed by atoms with E-state index in [0.29, 0.717) is 22.9 Å². The third kappa shape index (κ3) is 2.88. The molecule has 16 heavy (non-hydrogen) atoms. The van der Waals surface area contributed by atoms with Crippen LogP contribution in [0, 0.1) is 0 Å². The first kappa shape index (κ1) is 11.7. The van der Waals surface area contributed by atoms with Crippen LogP contribution in [0.4, 0.5) is 0 Å². The number of ether oxygens (including phenoxy) is 2. The largest absolute Gasteiger partial charge is 0.491 e. The van der Waals surface area contributed by atoms with Crippen LogP contribution in [0.25, 0.3) is 0 Å². The highest BCUT2D eigenvalue weighted by Crippen LogP contribution is 2.24. The van der Waals surface area contributed by atoms with E-state index < -0.39 is 0 Å². The van der Waals surface area contributed by atoms with Gasteiger partial charge < -0.3 is 14.6 Å². The first-order valence-corrected chi connectivity index (χ1v) is 5.81. The summed E-state index contributed by atoms with van der Waals surface area (Å²) in [7, 11) is 0. The molecular formula is C12H15ClO3. The summed E-state index contributed by atoms with van der Waals surface area (Å²) in [5.41, 5.74) is 0.713. The molecule has 1 aromatic carbocycles. The average Bonchev–Trinajstić information content (AvgIpc) is 2.80. The molecule has 3 nitrogen and oxygen atoms in total. The van der Waals surface area contributed by atoms with Crippen molar-refractivity contribution in [1.82, 2.24) is 0 Å². The van der Waals surface area contributed by atoms with Gasteiger partial charge in [0.05, 0.1) is 12.7 Å². The lowest BCUT2D eigenvalue weighted by Gasteiger charge is -2.13. The third-order valence-corrected chi connectivity index (χ3v) is 2.88. The van der Waals surface area contributed by atoms with Crippen LogP contribution in [-0.2, 0) is 11.3 Å². The molecule has 0 bridgehead atoms. The van der Waals surface area contributed by atoms with Gasteiger partial charge in [0.25, 0.3) is 0 Å². The Hall–Kier alpha value is -0.770. The molecule has 1 heterocycles. The molecule has 1 aliphatic rings. The van der Waals surface area contributed by atoms with Crippen molar-refractivity contribution < 1.29 is 14.6 Å². The number of rotatable bonds is 4. The lowest BCUT2D eigenvalue weighted by molar-refractivity contribution is 0.0671. The van der Waals surface area contributed by atoms with Gasteiger partial charge >= 0.3 is 0 Å². The van der Waals surface area contributed by atoms with E-state index in [-0.39, 0.29) is 12.7 Å². The standard InChI is InChI=1S/C12H15ClO3/c13-10-3-4-12(9(6-10)7-14)16-8-11-2-1-5-15-11/h3-4,6,11,14H,1-2,5,7-8H2/t11-/m1/s1. The molecule has 0 spiro atoms. The zero-order valence-electron chi connectivity index (χ0n) is 8.99. The van der Waals surface area contributed by atoms with Crippen LogP contribution in [0.5, 0.6) is 5.75 Å². The van der Waals surface area contributed by atoms with Crippen LogP contribution < -0.4 is 4.74 Å². The molecule has 0 unspecified atom stereocenters. The van der Waals surface area contributed by atoms with E-state index in [0.717, 1.165) is 19.4 Å². The lowest BCUT2D eigenvalue weighted by atomic mass is 10.2. The Morgan fingerprint density at radius 2 is 2.38 bits per heavy atom. The Bertz CT molecular complexity index is 348. The van der Waals surface area contributed by atoms with Gasteiger partial charge in [-0.25, -0.2) is 0 Å². The van der Waals surface area contributed by atoms with Gasteiger partial charge in [-0.05, 0) is 31.0 Å². The number of aliphatic hydroxyl groups excluding tert-OH is 1. The molecule has 0 aromatic heterocycles. The molecule has 1 saturated heterocycles. The second-order valence-electron chi connectivity index (χ2n) is 3.86. The predicted octanol–water partition coefficient (Wildman–Crippen LogP) is 2.39. The van der Waals surface area contributed by atoms with E-state index >= 15 is 0 Å². The van der Waals surface area contributed by atoms with E-state index in [1.54, 1.807) is 18.2 Å². The molecule has 2 rings (SSSR count). The van der Waals surface area contributed by atoms with Crippen molar-refractivity contribution in [2.45, 2.75) is 25.6 Å². The molecule has 1 aromatic rings. The molecule has 1 N–H and O–H groups in total. The maximum Gasteiger partial charge on any atom is 0.125 e. The lowest BCUT2D eigenvalue weighted by Crippen LogP contribution is -2.16. The van der Waals surface area contributed by atoms with Crippen molar-refractivity contribution in [3.05, 3.63) is 28.8 Å². The Balaban J connectivity index is 1.97. The van der Waals surface area contributed by atoms with E-state index in [1.165, 1.54) is 0 Å². The van der Waals surface area contributed by atoms with E-state index in [2.05, 4.69) is 0 Å². The summed E-state index contributed by atoms with van der Waals surface area (Å²) in [5.74, 6) is 0.683. The van der Waals surface area contributed by atoms with Crippen LogP contribution in [0.15, 0.2) is 18.2 Å². The molecule has 0 radical (unpaired) electrons. The minimum atomic E-state index is -0.0680. The Kier molecular flexibility index (Phi) is 4.04. The second kappa shape index (κ2) is 5.53. The quantitative estimate of drug-likeness (QED) is 0.881. The fourth-order valence-electron chi connectivity index (χ4n) is 1.77. The predicted molar refractivity (Wildman–Crippen MR) is 61.8 cm³/mol. The summed E-state index contributed by atoms with van der Waals surface area (Å²) in [6, 6.07) is 5.25.